The van der Waals surface area contributed by atoms with Crippen molar-refractivity contribution >= 4 is 12.2 Å². The Balaban J connectivity index is 2.38. The van der Waals surface area contributed by atoms with E-state index in [1.807, 2.05) is 16.7 Å². The van der Waals surface area contributed by atoms with Gasteiger partial charge in [-0.3, -0.25) is 5.10 Å². The summed E-state index contributed by atoms with van der Waals surface area (Å²) in [7, 11) is 0. The van der Waals surface area contributed by atoms with Crippen molar-refractivity contribution in [1.82, 2.24) is 14.8 Å². The maximum atomic E-state index is 9.26. The number of unbranched alkanes of at least 4 members (excludes halogenated alkanes) is 1. The lowest BCUT2D eigenvalue weighted by atomic mass is 10.2. The monoisotopic (exact) mass is 249 g/mol. The van der Waals surface area contributed by atoms with Crippen molar-refractivity contribution in [2.75, 3.05) is 0 Å². The second kappa shape index (κ2) is 5.14. The fourth-order valence-corrected chi connectivity index (χ4v) is 1.90. The normalized spacial score (nSPS) is 10.6. The number of phenols is 1. The molecule has 0 bridgehead atoms. The highest BCUT2D eigenvalue weighted by Crippen LogP contribution is 2.20. The highest BCUT2D eigenvalue weighted by molar-refractivity contribution is 7.71. The molecule has 4 nitrogen and oxygen atoms in total. The Morgan fingerprint density at radius 2 is 2.06 bits per heavy atom. The largest absolute Gasteiger partial charge is 0.508 e. The van der Waals surface area contributed by atoms with Gasteiger partial charge in [0.05, 0.1) is 0 Å². The predicted octanol–water partition coefficient (Wildman–Crippen LogP) is 3.11. The Labute approximate surface area is 105 Å². The fraction of sp³-hybridized carbons (Fsp3) is 0.333. The number of phenolic OH excluding ortho intramolecular Hbond substituents is 1. The zero-order valence-corrected chi connectivity index (χ0v) is 10.5. The first-order valence-corrected chi connectivity index (χ1v) is 6.08. The lowest BCUT2D eigenvalue weighted by molar-refractivity contribution is 0.475. The molecule has 0 radical (unpaired) electrons. The third kappa shape index (κ3) is 2.55. The van der Waals surface area contributed by atoms with Crippen LogP contribution in [0.25, 0.3) is 11.4 Å². The molecule has 0 amide bonds. The van der Waals surface area contributed by atoms with E-state index in [1.54, 1.807) is 12.1 Å². The highest BCUT2D eigenvalue weighted by Gasteiger charge is 2.07. The van der Waals surface area contributed by atoms with Gasteiger partial charge < -0.3 is 9.67 Å². The summed E-state index contributed by atoms with van der Waals surface area (Å²) in [5.41, 5.74) is 0.950. The van der Waals surface area contributed by atoms with Gasteiger partial charge in [0.15, 0.2) is 10.6 Å². The minimum Gasteiger partial charge on any atom is -0.508 e. The Bertz CT molecular complexity index is 542. The number of aromatic amines is 1. The molecule has 0 aliphatic rings. The first kappa shape index (κ1) is 11.9. The number of nitrogens with zero attached hydrogens (tertiary/aromatic N) is 2. The molecule has 2 aromatic rings. The van der Waals surface area contributed by atoms with Crippen LogP contribution >= 0.6 is 12.2 Å². The molecule has 0 aliphatic carbocycles. The summed E-state index contributed by atoms with van der Waals surface area (Å²) >= 11 is 5.21. The van der Waals surface area contributed by atoms with E-state index in [-0.39, 0.29) is 5.75 Å². The van der Waals surface area contributed by atoms with Gasteiger partial charge in [0.2, 0.25) is 0 Å². The average Bonchev–Trinajstić information content (AvgIpc) is 2.69. The van der Waals surface area contributed by atoms with Crippen molar-refractivity contribution in [2.24, 2.45) is 0 Å². The maximum Gasteiger partial charge on any atom is 0.195 e. The molecule has 0 atom stereocenters. The predicted molar refractivity (Wildman–Crippen MR) is 69.4 cm³/mol. The van der Waals surface area contributed by atoms with Gasteiger partial charge in [-0.05, 0) is 42.9 Å². The van der Waals surface area contributed by atoms with Crippen molar-refractivity contribution in [3.63, 3.8) is 0 Å². The Morgan fingerprint density at radius 3 is 2.71 bits per heavy atom. The zero-order valence-electron chi connectivity index (χ0n) is 9.68. The van der Waals surface area contributed by atoms with E-state index >= 15 is 0 Å². The van der Waals surface area contributed by atoms with Crippen LogP contribution in [0, 0.1) is 4.77 Å². The first-order chi connectivity index (χ1) is 8.22. The van der Waals surface area contributed by atoms with Crippen molar-refractivity contribution in [3.05, 3.63) is 29.0 Å². The Hall–Kier alpha value is -1.62. The average molecular weight is 249 g/mol. The SMILES string of the molecule is CCCCn1c(-c2ccc(O)cc2)n[nH]c1=S. The van der Waals surface area contributed by atoms with Crippen molar-refractivity contribution in [1.29, 1.82) is 0 Å². The fourth-order valence-electron chi connectivity index (χ4n) is 1.67. The molecule has 2 rings (SSSR count). The molecule has 1 aromatic carbocycles. The molecule has 0 aliphatic heterocycles. The summed E-state index contributed by atoms with van der Waals surface area (Å²) in [4.78, 5) is 0. The topological polar surface area (TPSA) is 53.8 Å². The van der Waals surface area contributed by atoms with Gasteiger partial charge in [0, 0.05) is 12.1 Å². The van der Waals surface area contributed by atoms with Gasteiger partial charge in [0.1, 0.15) is 5.75 Å². The number of hydrogen-bond donors (Lipinski definition) is 2. The molecular formula is C12H15N3OS. The van der Waals surface area contributed by atoms with E-state index in [1.165, 1.54) is 0 Å². The number of aromatic hydroxyl groups is 1. The lowest BCUT2D eigenvalue weighted by Gasteiger charge is -2.05. The van der Waals surface area contributed by atoms with Crippen LogP contribution in [0.1, 0.15) is 19.8 Å². The van der Waals surface area contributed by atoms with Crippen LogP contribution in [0.4, 0.5) is 0 Å². The molecule has 17 heavy (non-hydrogen) atoms. The molecule has 1 heterocycles. The molecule has 0 spiro atoms. The van der Waals surface area contributed by atoms with Crippen LogP contribution in [0.5, 0.6) is 5.75 Å². The maximum absolute atomic E-state index is 9.26. The first-order valence-electron chi connectivity index (χ1n) is 5.67. The molecule has 0 saturated heterocycles. The Morgan fingerprint density at radius 1 is 1.35 bits per heavy atom. The smallest absolute Gasteiger partial charge is 0.195 e. The molecule has 5 heteroatoms. The minimum atomic E-state index is 0.253. The van der Waals surface area contributed by atoms with E-state index < -0.39 is 0 Å². The lowest BCUT2D eigenvalue weighted by Crippen LogP contribution is -2.00. The van der Waals surface area contributed by atoms with Crippen LogP contribution < -0.4 is 0 Å². The summed E-state index contributed by atoms with van der Waals surface area (Å²) < 4.78 is 2.63. The van der Waals surface area contributed by atoms with Crippen LogP contribution in [0.3, 0.4) is 0 Å². The number of rotatable bonds is 4. The van der Waals surface area contributed by atoms with Gasteiger partial charge in [0.25, 0.3) is 0 Å². The third-order valence-electron chi connectivity index (χ3n) is 2.62. The van der Waals surface area contributed by atoms with Crippen LogP contribution in [0.2, 0.25) is 0 Å². The molecule has 1 aromatic heterocycles. The van der Waals surface area contributed by atoms with Gasteiger partial charge in [-0.2, -0.15) is 5.10 Å². The second-order valence-electron chi connectivity index (χ2n) is 3.90. The molecule has 0 fully saturated rings. The summed E-state index contributed by atoms with van der Waals surface area (Å²) in [5, 5.41) is 16.3. The Kier molecular flexibility index (Phi) is 3.58. The summed E-state index contributed by atoms with van der Waals surface area (Å²) in [6, 6.07) is 6.97. The minimum absolute atomic E-state index is 0.253. The van der Waals surface area contributed by atoms with E-state index in [2.05, 4.69) is 17.1 Å². The van der Waals surface area contributed by atoms with Gasteiger partial charge in [-0.15, -0.1) is 0 Å². The van der Waals surface area contributed by atoms with Crippen LogP contribution in [0.15, 0.2) is 24.3 Å². The number of nitrogens with one attached hydrogen (secondary N) is 1. The molecular weight excluding hydrogens is 234 g/mol. The van der Waals surface area contributed by atoms with Gasteiger partial charge in [-0.1, -0.05) is 13.3 Å². The van der Waals surface area contributed by atoms with Gasteiger partial charge >= 0.3 is 0 Å². The van der Waals surface area contributed by atoms with Crippen molar-refractivity contribution in [2.45, 2.75) is 26.3 Å². The van der Waals surface area contributed by atoms with Crippen molar-refractivity contribution < 1.29 is 5.11 Å². The quantitative estimate of drug-likeness (QED) is 0.819. The summed E-state index contributed by atoms with van der Waals surface area (Å²) in [6.07, 6.45) is 2.18. The van der Waals surface area contributed by atoms with E-state index in [4.69, 9.17) is 12.2 Å². The number of benzene rings is 1. The van der Waals surface area contributed by atoms with Crippen molar-refractivity contribution in [3.8, 4) is 17.1 Å². The number of hydrogen-bond acceptors (Lipinski definition) is 3. The van der Waals surface area contributed by atoms with E-state index in [9.17, 15) is 5.11 Å². The molecule has 2 N–H and O–H groups in total. The van der Waals surface area contributed by atoms with Gasteiger partial charge in [-0.25, -0.2) is 0 Å². The summed E-state index contributed by atoms with van der Waals surface area (Å²) in [5.74, 6) is 1.08. The van der Waals surface area contributed by atoms with E-state index in [0.29, 0.717) is 4.77 Å². The van der Waals surface area contributed by atoms with Crippen LogP contribution in [-0.2, 0) is 6.54 Å². The molecule has 0 saturated carbocycles. The third-order valence-corrected chi connectivity index (χ3v) is 2.93. The number of H-pyrrole nitrogens is 1. The van der Waals surface area contributed by atoms with E-state index in [0.717, 1.165) is 30.8 Å². The zero-order chi connectivity index (χ0) is 12.3. The second-order valence-corrected chi connectivity index (χ2v) is 4.29. The number of aromatic nitrogens is 3. The summed E-state index contributed by atoms with van der Waals surface area (Å²) in [6.45, 7) is 3.01. The molecule has 0 unspecified atom stereocenters. The highest BCUT2D eigenvalue weighted by atomic mass is 32.1. The molecule has 90 valence electrons. The van der Waals surface area contributed by atoms with Crippen LogP contribution in [-0.4, -0.2) is 19.9 Å². The standard InChI is InChI=1S/C12H15N3OS/c1-2-3-8-15-11(13-14-12(15)17)9-4-6-10(16)7-5-9/h4-7,16H,2-3,8H2,1H3,(H,14,17).